The largest absolute Gasteiger partial charge is 0.480 e. The fourth-order valence-corrected chi connectivity index (χ4v) is 3.75. The van der Waals surface area contributed by atoms with E-state index in [1.165, 1.54) is 25.7 Å². The lowest BCUT2D eigenvalue weighted by atomic mass is 9.85. The van der Waals surface area contributed by atoms with Gasteiger partial charge in [-0.25, -0.2) is 0 Å². The topological polar surface area (TPSA) is 52.6 Å². The van der Waals surface area contributed by atoms with Crippen LogP contribution in [0.5, 0.6) is 0 Å². The van der Waals surface area contributed by atoms with Gasteiger partial charge in [-0.3, -0.25) is 10.1 Å². The van der Waals surface area contributed by atoms with Gasteiger partial charge in [0.1, 0.15) is 5.54 Å². The molecule has 4 nitrogen and oxygen atoms in total. The van der Waals surface area contributed by atoms with E-state index in [-0.39, 0.29) is 6.04 Å². The van der Waals surface area contributed by atoms with Crippen LogP contribution in [0.25, 0.3) is 0 Å². The van der Waals surface area contributed by atoms with E-state index < -0.39 is 11.5 Å². The van der Waals surface area contributed by atoms with Gasteiger partial charge in [-0.15, -0.1) is 0 Å². The SMILES string of the molecule is CC1CCCC(N(C)C(C)CC(C)(NC2CC2)C(=O)O)C1. The molecule has 4 heteroatoms. The minimum Gasteiger partial charge on any atom is -0.480 e. The van der Waals surface area contributed by atoms with Crippen molar-refractivity contribution in [2.45, 2.75) is 89.4 Å². The molecule has 4 atom stereocenters. The normalized spacial score (nSPS) is 30.9. The summed E-state index contributed by atoms with van der Waals surface area (Å²) < 4.78 is 0. The Morgan fingerprint density at radius 2 is 2.05 bits per heavy atom. The lowest BCUT2D eigenvalue weighted by Crippen LogP contribution is -2.55. The van der Waals surface area contributed by atoms with Crippen LogP contribution in [0, 0.1) is 5.92 Å². The van der Waals surface area contributed by atoms with Crippen LogP contribution in [-0.4, -0.2) is 46.7 Å². The summed E-state index contributed by atoms with van der Waals surface area (Å²) in [6, 6.07) is 1.31. The van der Waals surface area contributed by atoms with Crippen LogP contribution in [0.3, 0.4) is 0 Å². The van der Waals surface area contributed by atoms with Crippen molar-refractivity contribution in [1.29, 1.82) is 0 Å². The first-order valence-electron chi connectivity index (χ1n) is 8.55. The Balaban J connectivity index is 1.93. The summed E-state index contributed by atoms with van der Waals surface area (Å²) in [7, 11) is 2.17. The van der Waals surface area contributed by atoms with Gasteiger partial charge < -0.3 is 10.0 Å². The summed E-state index contributed by atoms with van der Waals surface area (Å²) in [5, 5.41) is 12.9. The predicted octanol–water partition coefficient (Wildman–Crippen LogP) is 2.87. The maximum atomic E-state index is 11.7. The highest BCUT2D eigenvalue weighted by molar-refractivity contribution is 5.78. The molecule has 2 saturated carbocycles. The molecule has 2 fully saturated rings. The van der Waals surface area contributed by atoms with Crippen LogP contribution in [0.2, 0.25) is 0 Å². The number of carboxylic acids is 1. The summed E-state index contributed by atoms with van der Waals surface area (Å²) in [6.45, 7) is 6.36. The number of carbonyl (C=O) groups is 1. The van der Waals surface area contributed by atoms with Crippen LogP contribution in [0.1, 0.15) is 65.7 Å². The maximum absolute atomic E-state index is 11.7. The first kappa shape index (κ1) is 16.8. The third kappa shape index (κ3) is 4.43. The van der Waals surface area contributed by atoms with E-state index in [4.69, 9.17) is 0 Å². The average molecular weight is 296 g/mol. The minimum atomic E-state index is -0.797. The molecule has 4 unspecified atom stereocenters. The van der Waals surface area contributed by atoms with Crippen LogP contribution in [0.15, 0.2) is 0 Å². The Labute approximate surface area is 129 Å². The standard InChI is InChI=1S/C17H32N2O2/c1-12-6-5-7-15(10-12)19(4)13(2)11-17(3,16(20)21)18-14-8-9-14/h12-15,18H,5-11H2,1-4H3,(H,20,21). The molecule has 2 N–H and O–H groups in total. The van der Waals surface area contributed by atoms with Crippen molar-refractivity contribution in [3.05, 3.63) is 0 Å². The van der Waals surface area contributed by atoms with E-state index in [1.807, 2.05) is 6.92 Å². The molecule has 0 aliphatic heterocycles. The third-order valence-corrected chi connectivity index (χ3v) is 5.46. The Morgan fingerprint density at radius 3 is 2.57 bits per heavy atom. The molecule has 0 saturated heterocycles. The van der Waals surface area contributed by atoms with E-state index in [0.717, 1.165) is 18.8 Å². The molecule has 122 valence electrons. The molecule has 0 bridgehead atoms. The van der Waals surface area contributed by atoms with E-state index in [2.05, 4.69) is 31.1 Å². The van der Waals surface area contributed by atoms with Crippen molar-refractivity contribution >= 4 is 5.97 Å². The summed E-state index contributed by atoms with van der Waals surface area (Å²) >= 11 is 0. The highest BCUT2D eigenvalue weighted by atomic mass is 16.4. The van der Waals surface area contributed by atoms with Crippen LogP contribution < -0.4 is 5.32 Å². The van der Waals surface area contributed by atoms with Gasteiger partial charge in [0.25, 0.3) is 0 Å². The van der Waals surface area contributed by atoms with Gasteiger partial charge >= 0.3 is 5.97 Å². The molecular weight excluding hydrogens is 264 g/mol. The van der Waals surface area contributed by atoms with E-state index in [0.29, 0.717) is 18.5 Å². The first-order valence-corrected chi connectivity index (χ1v) is 8.55. The molecule has 0 aromatic heterocycles. The number of aliphatic carboxylic acids is 1. The van der Waals surface area contributed by atoms with Crippen molar-refractivity contribution in [2.24, 2.45) is 5.92 Å². The smallest absolute Gasteiger partial charge is 0.323 e. The molecule has 0 aromatic carbocycles. The van der Waals surface area contributed by atoms with Crippen molar-refractivity contribution in [1.82, 2.24) is 10.2 Å². The molecule has 21 heavy (non-hydrogen) atoms. The fourth-order valence-electron chi connectivity index (χ4n) is 3.75. The Kier molecular flexibility index (Phi) is 5.31. The molecule has 2 rings (SSSR count). The lowest BCUT2D eigenvalue weighted by Gasteiger charge is -2.40. The average Bonchev–Trinajstić information content (AvgIpc) is 3.21. The molecule has 0 spiro atoms. The van der Waals surface area contributed by atoms with Crippen LogP contribution in [0.4, 0.5) is 0 Å². The van der Waals surface area contributed by atoms with Gasteiger partial charge in [-0.05, 0) is 58.9 Å². The van der Waals surface area contributed by atoms with Crippen molar-refractivity contribution in [2.75, 3.05) is 7.05 Å². The second-order valence-corrected chi connectivity index (χ2v) is 7.70. The number of hydrogen-bond donors (Lipinski definition) is 2. The van der Waals surface area contributed by atoms with Crippen molar-refractivity contribution in [3.8, 4) is 0 Å². The quantitative estimate of drug-likeness (QED) is 0.758. The highest BCUT2D eigenvalue weighted by Crippen LogP contribution is 2.30. The number of nitrogens with zero attached hydrogens (tertiary/aromatic N) is 1. The maximum Gasteiger partial charge on any atom is 0.323 e. The number of carboxylic acid groups (broad SMARTS) is 1. The molecular formula is C17H32N2O2. The zero-order valence-electron chi connectivity index (χ0n) is 14.1. The minimum absolute atomic E-state index is 0.285. The Bertz CT molecular complexity index is 370. The highest BCUT2D eigenvalue weighted by Gasteiger charge is 2.40. The molecule has 0 amide bonds. The zero-order valence-corrected chi connectivity index (χ0v) is 14.1. The third-order valence-electron chi connectivity index (χ3n) is 5.46. The summed E-state index contributed by atoms with van der Waals surface area (Å²) in [4.78, 5) is 14.1. The number of hydrogen-bond acceptors (Lipinski definition) is 3. The summed E-state index contributed by atoms with van der Waals surface area (Å²) in [5.74, 6) is 0.0838. The summed E-state index contributed by atoms with van der Waals surface area (Å²) in [5.41, 5.74) is -0.797. The number of rotatable bonds is 7. The molecule has 0 radical (unpaired) electrons. The molecule has 2 aliphatic carbocycles. The van der Waals surface area contributed by atoms with Crippen molar-refractivity contribution < 1.29 is 9.90 Å². The second kappa shape index (κ2) is 6.66. The van der Waals surface area contributed by atoms with Crippen LogP contribution >= 0.6 is 0 Å². The van der Waals surface area contributed by atoms with E-state index >= 15 is 0 Å². The second-order valence-electron chi connectivity index (χ2n) is 7.70. The van der Waals surface area contributed by atoms with Gasteiger partial charge in [0.2, 0.25) is 0 Å². The molecule has 0 heterocycles. The van der Waals surface area contributed by atoms with Gasteiger partial charge in [0.15, 0.2) is 0 Å². The fraction of sp³-hybridized carbons (Fsp3) is 0.941. The van der Waals surface area contributed by atoms with Crippen LogP contribution in [-0.2, 0) is 4.79 Å². The van der Waals surface area contributed by atoms with Gasteiger partial charge in [-0.1, -0.05) is 19.8 Å². The van der Waals surface area contributed by atoms with Gasteiger partial charge in [-0.2, -0.15) is 0 Å². The zero-order chi connectivity index (χ0) is 15.6. The summed E-state index contributed by atoms with van der Waals surface area (Å²) in [6.07, 6.45) is 8.06. The van der Waals surface area contributed by atoms with Gasteiger partial charge in [0, 0.05) is 18.1 Å². The molecule has 2 aliphatic rings. The Morgan fingerprint density at radius 1 is 1.38 bits per heavy atom. The van der Waals surface area contributed by atoms with E-state index in [1.54, 1.807) is 0 Å². The monoisotopic (exact) mass is 296 g/mol. The lowest BCUT2D eigenvalue weighted by molar-refractivity contribution is -0.145. The van der Waals surface area contributed by atoms with E-state index in [9.17, 15) is 9.90 Å². The molecule has 0 aromatic rings. The first-order chi connectivity index (χ1) is 9.82. The number of nitrogens with one attached hydrogen (secondary N) is 1. The van der Waals surface area contributed by atoms with Crippen molar-refractivity contribution in [3.63, 3.8) is 0 Å². The van der Waals surface area contributed by atoms with Gasteiger partial charge in [0.05, 0.1) is 0 Å². The Hall–Kier alpha value is -0.610. The predicted molar refractivity (Wildman–Crippen MR) is 85.5 cm³/mol.